The van der Waals surface area contributed by atoms with E-state index in [1.165, 1.54) is 49.6 Å². The fourth-order valence-corrected chi connectivity index (χ4v) is 5.67. The van der Waals surface area contributed by atoms with E-state index in [1.807, 2.05) is 6.92 Å². The largest absolute Gasteiger partial charge is 0.739 e. The Balaban J connectivity index is 0.000000150. The number of aryl methyl sites for hydroxylation is 1. The van der Waals surface area contributed by atoms with E-state index in [0.717, 1.165) is 17.6 Å². The highest BCUT2D eigenvalue weighted by molar-refractivity contribution is 7.94. The number of nitrogens with two attached hydrogens (primary N) is 4. The summed E-state index contributed by atoms with van der Waals surface area (Å²) in [4.78, 5) is 6.14. The SMILES string of the molecule is COOSc1ccc2c(c1)[n+]([O-])nc(N)[n+]2[O-].Cc1ccc2c(c1)[n+]([O-])c(N)n[n+]2[O-].Nc1n[n+]([O-])c2c(Cl)cccc2[n+]1[O-].Nc1n[n+]([O-])c2cc(Cl)ccc2[n+]1[O-]. The maximum Gasteiger partial charge on any atom is 0.458 e. The molecule has 59 heavy (non-hydrogen) atoms. The predicted molar refractivity (Wildman–Crippen MR) is 205 cm³/mol. The van der Waals surface area contributed by atoms with Gasteiger partial charge in [0.05, 0.1) is 19.2 Å². The molecular formula is C30H26Cl2N16O10S. The summed E-state index contributed by atoms with van der Waals surface area (Å²) in [6.07, 6.45) is 0. The molecule has 0 radical (unpaired) electrons. The van der Waals surface area contributed by atoms with Gasteiger partial charge in [0.1, 0.15) is 5.02 Å². The first-order valence-electron chi connectivity index (χ1n) is 15.8. The minimum atomic E-state index is -0.408. The number of anilines is 4. The van der Waals surface area contributed by atoms with E-state index < -0.39 is 17.8 Å². The summed E-state index contributed by atoms with van der Waals surface area (Å²) in [6, 6.07) is 18.1. The molecule has 4 aromatic heterocycles. The van der Waals surface area contributed by atoms with Gasteiger partial charge in [-0.3, -0.25) is 22.9 Å². The third-order valence-corrected chi connectivity index (χ3v) is 8.66. The normalized spacial score (nSPS) is 10.7. The molecule has 0 unspecified atom stereocenters. The van der Waals surface area contributed by atoms with Crippen molar-refractivity contribution < 1.29 is 47.5 Å². The average Bonchev–Trinajstić information content (AvgIpc) is 3.20. The topological polar surface area (TPSA) is 390 Å². The summed E-state index contributed by atoms with van der Waals surface area (Å²) in [7, 11) is 1.36. The molecule has 4 heterocycles. The number of hydrogen-bond acceptors (Lipinski definition) is 19. The molecule has 8 aromatic rings. The first-order chi connectivity index (χ1) is 27.9. The van der Waals surface area contributed by atoms with Crippen LogP contribution < -0.4 is 61.2 Å². The number of nitrogens with zero attached hydrogens (tertiary/aromatic N) is 12. The van der Waals surface area contributed by atoms with Crippen molar-refractivity contribution >= 4 is 103 Å². The van der Waals surface area contributed by atoms with Gasteiger partial charge in [-0.15, -0.1) is 0 Å². The van der Waals surface area contributed by atoms with Crippen LogP contribution in [-0.4, -0.2) is 27.5 Å². The second kappa shape index (κ2) is 17.7. The zero-order valence-electron chi connectivity index (χ0n) is 29.9. The van der Waals surface area contributed by atoms with E-state index in [9.17, 15) is 41.7 Å². The van der Waals surface area contributed by atoms with Gasteiger partial charge in [-0.2, -0.15) is 4.33 Å². The molecule has 306 valence electrons. The van der Waals surface area contributed by atoms with Crippen LogP contribution in [0.1, 0.15) is 5.56 Å². The Morgan fingerprint density at radius 1 is 0.525 bits per heavy atom. The Morgan fingerprint density at radius 2 is 1.00 bits per heavy atom. The van der Waals surface area contributed by atoms with Crippen LogP contribution >= 0.6 is 35.2 Å². The van der Waals surface area contributed by atoms with Gasteiger partial charge in [0.2, 0.25) is 20.4 Å². The molecule has 4 aromatic carbocycles. The van der Waals surface area contributed by atoms with Crippen LogP contribution in [0.4, 0.5) is 23.8 Å². The maximum absolute atomic E-state index is 11.5. The summed E-state index contributed by atoms with van der Waals surface area (Å²) in [6.45, 7) is 1.82. The molecule has 8 rings (SSSR count). The molecule has 0 saturated carbocycles. The Kier molecular flexibility index (Phi) is 12.8. The van der Waals surface area contributed by atoms with Crippen molar-refractivity contribution in [2.24, 2.45) is 0 Å². The van der Waals surface area contributed by atoms with Crippen LogP contribution in [0.5, 0.6) is 0 Å². The summed E-state index contributed by atoms with van der Waals surface area (Å²) >= 11 is 12.3. The lowest BCUT2D eigenvalue weighted by Crippen LogP contribution is -2.44. The standard InChI is InChI=1S/C8H8N4O4S.C8H8N4O2.2C7H5ClN4O2/c1-15-16-17-5-2-3-6-7(4-5)12(14)10-8(9)11(6)13;1-5-2-3-6-7(4-5)11(13)8(9)10-12(6)14;8-4-1-2-5-6(3-4)12(14)10-7(9)11(5)13;8-4-2-1-3-5-6(4)12(14)10-7(9)11(5)13/h2-4H,1H3,(H2,9,10);2-4H,1H3,(H2,9,10);2*1-3H,(H2,9,10). The minimum absolute atomic E-state index is 0.0124. The zero-order valence-corrected chi connectivity index (χ0v) is 32.2. The lowest BCUT2D eigenvalue weighted by atomic mass is 10.2. The van der Waals surface area contributed by atoms with Gasteiger partial charge in [-0.25, -0.2) is 23.8 Å². The molecule has 26 nitrogen and oxygen atoms in total. The van der Waals surface area contributed by atoms with Crippen LogP contribution in [-0.2, 0) is 9.22 Å². The molecule has 0 bridgehead atoms. The number of rotatable bonds is 3. The van der Waals surface area contributed by atoms with Crippen molar-refractivity contribution in [1.82, 2.24) is 20.4 Å². The first-order valence-corrected chi connectivity index (χ1v) is 17.3. The molecule has 0 aliphatic rings. The fraction of sp³-hybridized carbons (Fsp3) is 0.0667. The lowest BCUT2D eigenvalue weighted by molar-refractivity contribution is -0.672. The van der Waals surface area contributed by atoms with Gasteiger partial charge in [-0.1, -0.05) is 35.3 Å². The number of fused-ring (bicyclic) bond motifs is 4. The van der Waals surface area contributed by atoms with E-state index in [-0.39, 0.29) is 69.6 Å². The molecule has 29 heteroatoms. The number of halogens is 2. The zero-order chi connectivity index (χ0) is 43.3. The molecule has 0 spiro atoms. The number of hydrogen-bond donors (Lipinski definition) is 4. The van der Waals surface area contributed by atoms with Crippen LogP contribution in [0.2, 0.25) is 10.0 Å². The Morgan fingerprint density at radius 3 is 1.58 bits per heavy atom. The average molecular weight is 874 g/mol. The monoisotopic (exact) mass is 872 g/mol. The number of nitrogen functional groups attached to an aromatic ring is 4. The van der Waals surface area contributed by atoms with Crippen LogP contribution in [0.25, 0.3) is 44.1 Å². The molecule has 0 aliphatic heterocycles. The van der Waals surface area contributed by atoms with Crippen molar-refractivity contribution in [3.05, 3.63) is 130 Å². The van der Waals surface area contributed by atoms with Gasteiger partial charge < -0.3 is 41.7 Å². The third-order valence-electron chi connectivity index (χ3n) is 7.47. The lowest BCUT2D eigenvalue weighted by Gasteiger charge is -2.07. The van der Waals surface area contributed by atoms with Crippen molar-refractivity contribution in [3.8, 4) is 0 Å². The van der Waals surface area contributed by atoms with Gasteiger partial charge in [0, 0.05) is 47.5 Å². The summed E-state index contributed by atoms with van der Waals surface area (Å²) in [5.74, 6) is -1.55. The van der Waals surface area contributed by atoms with E-state index in [4.69, 9.17) is 46.1 Å². The Hall–Kier alpha value is -7.59. The van der Waals surface area contributed by atoms with Crippen molar-refractivity contribution in [2.75, 3.05) is 30.0 Å². The summed E-state index contributed by atoms with van der Waals surface area (Å²) < 4.78 is 6.19. The highest BCUT2D eigenvalue weighted by Crippen LogP contribution is 2.22. The van der Waals surface area contributed by atoms with Crippen LogP contribution in [0.3, 0.4) is 0 Å². The number of para-hydroxylation sites is 1. The second-order valence-corrected chi connectivity index (χ2v) is 12.9. The van der Waals surface area contributed by atoms with E-state index >= 15 is 0 Å². The number of benzene rings is 4. The predicted octanol–water partition coefficient (Wildman–Crippen LogP) is -1.46. The molecule has 0 saturated heterocycles. The summed E-state index contributed by atoms with van der Waals surface area (Å²) in [5.41, 5.74) is 22.8. The first kappa shape index (κ1) is 42.6. The maximum atomic E-state index is 11.5. The van der Waals surface area contributed by atoms with Crippen molar-refractivity contribution in [1.29, 1.82) is 0 Å². The molecule has 0 atom stereocenters. The van der Waals surface area contributed by atoms with E-state index in [1.54, 1.807) is 30.3 Å². The highest BCUT2D eigenvalue weighted by Gasteiger charge is 2.21. The minimum Gasteiger partial charge on any atom is -0.739 e. The third kappa shape index (κ3) is 9.19. The van der Waals surface area contributed by atoms with Crippen molar-refractivity contribution in [3.63, 3.8) is 0 Å². The van der Waals surface area contributed by atoms with E-state index in [0.29, 0.717) is 33.7 Å². The Labute approximate surface area is 342 Å². The second-order valence-electron chi connectivity index (χ2n) is 11.3. The quantitative estimate of drug-likeness (QED) is 0.0518. The van der Waals surface area contributed by atoms with Gasteiger partial charge in [-0.05, 0) is 55.0 Å². The van der Waals surface area contributed by atoms with Crippen LogP contribution in [0, 0.1) is 48.6 Å². The fourth-order valence-electron chi connectivity index (χ4n) is 4.83. The van der Waals surface area contributed by atoms with E-state index in [2.05, 4.69) is 29.6 Å². The molecule has 0 fully saturated rings. The van der Waals surface area contributed by atoms with Gasteiger partial charge in [0.25, 0.3) is 5.52 Å². The van der Waals surface area contributed by atoms with Crippen molar-refractivity contribution in [2.45, 2.75) is 11.8 Å². The van der Waals surface area contributed by atoms with Gasteiger partial charge in [0.15, 0.2) is 22.1 Å². The van der Waals surface area contributed by atoms with Gasteiger partial charge >= 0.3 is 40.3 Å². The smallest absolute Gasteiger partial charge is 0.458 e. The molecule has 8 N–H and O–H groups in total. The highest BCUT2D eigenvalue weighted by atomic mass is 35.5. The molecule has 0 aliphatic carbocycles. The Bertz CT molecular complexity index is 2870. The summed E-state index contributed by atoms with van der Waals surface area (Å²) in [5, 5.41) is 105. The molecular weight excluding hydrogens is 847 g/mol. The van der Waals surface area contributed by atoms with Crippen LogP contribution in [0.15, 0.2) is 77.7 Å². The number of aromatic nitrogens is 12. The molecule has 0 amide bonds.